The molecule has 2 aliphatic heterocycles. The van der Waals surface area contributed by atoms with Gasteiger partial charge in [-0.15, -0.1) is 10.2 Å². The van der Waals surface area contributed by atoms with E-state index in [1.54, 1.807) is 0 Å². The van der Waals surface area contributed by atoms with Crippen molar-refractivity contribution >= 4 is 5.91 Å². The number of fused-ring (bicyclic) bond motifs is 1. The maximum absolute atomic E-state index is 11.9. The SMILES string of the molecule is O=C1CN(Cc2nnc3n2CCCCC3)C(c2ccccc2)CN1. The highest BCUT2D eigenvalue weighted by Gasteiger charge is 2.29. The van der Waals surface area contributed by atoms with E-state index < -0.39 is 0 Å². The second kappa shape index (κ2) is 6.73. The largest absolute Gasteiger partial charge is 0.353 e. The topological polar surface area (TPSA) is 63.1 Å². The number of hydrogen-bond acceptors (Lipinski definition) is 4. The third kappa shape index (κ3) is 3.06. The highest BCUT2D eigenvalue weighted by molar-refractivity contribution is 5.79. The molecule has 4 rings (SSSR count). The quantitative estimate of drug-likeness (QED) is 0.932. The Bertz CT molecular complexity index is 711. The van der Waals surface area contributed by atoms with Crippen LogP contribution in [-0.2, 0) is 24.3 Å². The molecule has 1 unspecified atom stereocenters. The number of carbonyl (C=O) groups excluding carboxylic acids is 1. The summed E-state index contributed by atoms with van der Waals surface area (Å²) in [7, 11) is 0. The molecule has 0 aliphatic carbocycles. The summed E-state index contributed by atoms with van der Waals surface area (Å²) in [6.45, 7) is 2.71. The van der Waals surface area contributed by atoms with Gasteiger partial charge in [-0.25, -0.2) is 0 Å². The molecule has 2 aromatic rings. The predicted molar refractivity (Wildman–Crippen MR) is 90.2 cm³/mol. The molecular formula is C18H23N5O. The lowest BCUT2D eigenvalue weighted by Gasteiger charge is -2.35. The molecule has 1 saturated heterocycles. The van der Waals surface area contributed by atoms with Gasteiger partial charge in [-0.3, -0.25) is 9.69 Å². The molecule has 6 heteroatoms. The van der Waals surface area contributed by atoms with Crippen molar-refractivity contribution in [3.8, 4) is 0 Å². The Morgan fingerprint density at radius 2 is 2.00 bits per heavy atom. The van der Waals surface area contributed by atoms with Gasteiger partial charge in [0.15, 0.2) is 0 Å². The van der Waals surface area contributed by atoms with Gasteiger partial charge in [0.25, 0.3) is 0 Å². The molecule has 0 radical (unpaired) electrons. The van der Waals surface area contributed by atoms with Crippen molar-refractivity contribution in [2.24, 2.45) is 0 Å². The van der Waals surface area contributed by atoms with Gasteiger partial charge in [-0.2, -0.15) is 0 Å². The number of piperazine rings is 1. The van der Waals surface area contributed by atoms with Crippen LogP contribution in [-0.4, -0.2) is 38.7 Å². The fourth-order valence-corrected chi connectivity index (χ4v) is 3.70. The number of amides is 1. The van der Waals surface area contributed by atoms with Gasteiger partial charge in [0.05, 0.1) is 19.1 Å². The van der Waals surface area contributed by atoms with Crippen molar-refractivity contribution in [2.75, 3.05) is 13.1 Å². The van der Waals surface area contributed by atoms with E-state index in [9.17, 15) is 4.79 Å². The molecule has 0 bridgehead atoms. The third-order valence-electron chi connectivity index (χ3n) is 5.00. The number of aryl methyl sites for hydroxylation is 1. The fourth-order valence-electron chi connectivity index (χ4n) is 3.70. The van der Waals surface area contributed by atoms with Crippen LogP contribution in [0.3, 0.4) is 0 Å². The van der Waals surface area contributed by atoms with Crippen molar-refractivity contribution in [3.05, 3.63) is 47.5 Å². The smallest absolute Gasteiger partial charge is 0.234 e. The zero-order valence-corrected chi connectivity index (χ0v) is 13.8. The minimum absolute atomic E-state index is 0.0813. The normalized spacial score (nSPS) is 21.8. The number of rotatable bonds is 3. The lowest BCUT2D eigenvalue weighted by molar-refractivity contribution is -0.126. The van der Waals surface area contributed by atoms with Crippen LogP contribution in [0.4, 0.5) is 0 Å². The Hall–Kier alpha value is -2.21. The second-order valence-corrected chi connectivity index (χ2v) is 6.63. The van der Waals surface area contributed by atoms with Crippen LogP contribution in [0.2, 0.25) is 0 Å². The standard InChI is InChI=1S/C18H23N5O/c24-18-13-22(15(11-19-18)14-7-3-1-4-8-14)12-17-21-20-16-9-5-2-6-10-23(16)17/h1,3-4,7-8,15H,2,5-6,9-13H2,(H,19,24). The monoisotopic (exact) mass is 325 g/mol. The minimum Gasteiger partial charge on any atom is -0.353 e. The maximum Gasteiger partial charge on any atom is 0.234 e. The van der Waals surface area contributed by atoms with Crippen molar-refractivity contribution in [1.29, 1.82) is 0 Å². The number of nitrogens with one attached hydrogen (secondary N) is 1. The first-order valence-corrected chi connectivity index (χ1v) is 8.78. The van der Waals surface area contributed by atoms with E-state index in [4.69, 9.17) is 0 Å². The van der Waals surface area contributed by atoms with Crippen LogP contribution in [0.15, 0.2) is 30.3 Å². The van der Waals surface area contributed by atoms with Crippen LogP contribution >= 0.6 is 0 Å². The molecule has 0 spiro atoms. The molecular weight excluding hydrogens is 302 g/mol. The van der Waals surface area contributed by atoms with Crippen molar-refractivity contribution in [1.82, 2.24) is 25.0 Å². The van der Waals surface area contributed by atoms with Crippen LogP contribution < -0.4 is 5.32 Å². The molecule has 1 aromatic heterocycles. The highest BCUT2D eigenvalue weighted by Crippen LogP contribution is 2.25. The van der Waals surface area contributed by atoms with E-state index >= 15 is 0 Å². The van der Waals surface area contributed by atoms with Crippen LogP contribution in [0, 0.1) is 0 Å². The third-order valence-corrected chi connectivity index (χ3v) is 5.00. The fraction of sp³-hybridized carbons (Fsp3) is 0.500. The van der Waals surface area contributed by atoms with Crippen LogP contribution in [0.1, 0.15) is 42.5 Å². The van der Waals surface area contributed by atoms with E-state index in [1.165, 1.54) is 24.8 Å². The van der Waals surface area contributed by atoms with Crippen LogP contribution in [0.5, 0.6) is 0 Å². The molecule has 6 nitrogen and oxygen atoms in total. The summed E-state index contributed by atoms with van der Waals surface area (Å²) in [6.07, 6.45) is 4.63. The van der Waals surface area contributed by atoms with E-state index in [2.05, 4.69) is 37.1 Å². The number of nitrogens with zero attached hydrogens (tertiary/aromatic N) is 4. The first-order chi connectivity index (χ1) is 11.8. The lowest BCUT2D eigenvalue weighted by Crippen LogP contribution is -2.49. The molecule has 24 heavy (non-hydrogen) atoms. The Kier molecular flexibility index (Phi) is 4.30. The molecule has 1 aromatic carbocycles. The molecule has 126 valence electrons. The zero-order valence-electron chi connectivity index (χ0n) is 13.8. The average Bonchev–Trinajstić information content (AvgIpc) is 2.83. The van der Waals surface area contributed by atoms with E-state index in [0.717, 1.165) is 24.6 Å². The summed E-state index contributed by atoms with van der Waals surface area (Å²) in [5.41, 5.74) is 1.23. The maximum atomic E-state index is 11.9. The lowest BCUT2D eigenvalue weighted by atomic mass is 10.0. The molecule has 1 atom stereocenters. The Balaban J connectivity index is 1.59. The number of aromatic nitrogens is 3. The van der Waals surface area contributed by atoms with E-state index in [0.29, 0.717) is 19.6 Å². The molecule has 1 amide bonds. The number of carbonyl (C=O) groups is 1. The second-order valence-electron chi connectivity index (χ2n) is 6.63. The average molecular weight is 325 g/mol. The van der Waals surface area contributed by atoms with Gasteiger partial charge in [0, 0.05) is 19.5 Å². The number of hydrogen-bond donors (Lipinski definition) is 1. The van der Waals surface area contributed by atoms with Crippen molar-refractivity contribution in [2.45, 2.75) is 44.8 Å². The summed E-state index contributed by atoms with van der Waals surface area (Å²) in [6, 6.07) is 10.6. The predicted octanol–water partition coefficient (Wildman–Crippen LogP) is 1.68. The van der Waals surface area contributed by atoms with Gasteiger partial charge in [-0.05, 0) is 18.4 Å². The highest BCUT2D eigenvalue weighted by atomic mass is 16.2. The first kappa shape index (κ1) is 15.3. The Morgan fingerprint density at radius 3 is 2.88 bits per heavy atom. The van der Waals surface area contributed by atoms with Gasteiger partial charge >= 0.3 is 0 Å². The summed E-state index contributed by atoms with van der Waals surface area (Å²) in [5.74, 6) is 2.17. The van der Waals surface area contributed by atoms with E-state index in [-0.39, 0.29) is 11.9 Å². The first-order valence-electron chi connectivity index (χ1n) is 8.78. The van der Waals surface area contributed by atoms with Gasteiger partial charge in [0.2, 0.25) is 5.91 Å². The summed E-state index contributed by atoms with van der Waals surface area (Å²) >= 11 is 0. The summed E-state index contributed by atoms with van der Waals surface area (Å²) in [4.78, 5) is 14.1. The molecule has 1 N–H and O–H groups in total. The Labute approximate surface area is 141 Å². The zero-order chi connectivity index (χ0) is 16.4. The van der Waals surface area contributed by atoms with Gasteiger partial charge < -0.3 is 9.88 Å². The Morgan fingerprint density at radius 1 is 1.12 bits per heavy atom. The van der Waals surface area contributed by atoms with Crippen molar-refractivity contribution in [3.63, 3.8) is 0 Å². The molecule has 2 aliphatic rings. The molecule has 0 saturated carbocycles. The van der Waals surface area contributed by atoms with E-state index in [1.807, 2.05) is 18.2 Å². The van der Waals surface area contributed by atoms with Gasteiger partial charge in [0.1, 0.15) is 11.6 Å². The number of benzene rings is 1. The molecule has 1 fully saturated rings. The van der Waals surface area contributed by atoms with Crippen LogP contribution in [0.25, 0.3) is 0 Å². The van der Waals surface area contributed by atoms with Gasteiger partial charge in [-0.1, -0.05) is 36.8 Å². The summed E-state index contributed by atoms with van der Waals surface area (Å²) < 4.78 is 2.27. The minimum atomic E-state index is 0.0813. The van der Waals surface area contributed by atoms with Crippen molar-refractivity contribution < 1.29 is 4.79 Å². The summed E-state index contributed by atoms with van der Waals surface area (Å²) in [5, 5.41) is 11.8. The molecule has 3 heterocycles.